The number of amides is 1. The van der Waals surface area contributed by atoms with E-state index in [1.165, 1.54) is 0 Å². The van der Waals surface area contributed by atoms with Crippen molar-refractivity contribution in [3.05, 3.63) is 29.8 Å². The van der Waals surface area contributed by atoms with Crippen molar-refractivity contribution in [1.82, 2.24) is 4.90 Å². The number of aliphatic carboxylic acids is 1. The molecule has 6 heteroatoms. The molecule has 0 heterocycles. The molecule has 0 unspecified atom stereocenters. The Morgan fingerprint density at radius 1 is 1.27 bits per heavy atom. The molecule has 0 aromatic heterocycles. The quantitative estimate of drug-likeness (QED) is 0.706. The van der Waals surface area contributed by atoms with Crippen LogP contribution in [0.3, 0.4) is 0 Å². The van der Waals surface area contributed by atoms with Crippen LogP contribution in [0.15, 0.2) is 24.3 Å². The largest absolute Gasteiger partial charge is 0.491 e. The molecule has 0 radical (unpaired) electrons. The minimum Gasteiger partial charge on any atom is -0.491 e. The first kappa shape index (κ1) is 18.0. The molecule has 1 N–H and O–H groups in total. The van der Waals surface area contributed by atoms with Gasteiger partial charge in [0.05, 0.1) is 13.0 Å². The predicted molar refractivity (Wildman–Crippen MR) is 82.2 cm³/mol. The maximum atomic E-state index is 12.5. The lowest BCUT2D eigenvalue weighted by Gasteiger charge is -2.26. The molecule has 1 aromatic carbocycles. The van der Waals surface area contributed by atoms with E-state index in [-0.39, 0.29) is 24.9 Å². The summed E-state index contributed by atoms with van der Waals surface area (Å²) in [6.07, 6.45) is -0.0754. The first-order valence-corrected chi connectivity index (χ1v) is 7.20. The number of carbonyl (C=O) groups excluding carboxylic acids is 1. The maximum absolute atomic E-state index is 12.5. The first-order valence-electron chi connectivity index (χ1n) is 7.20. The molecular formula is C16H23NO5. The molecule has 0 bridgehead atoms. The van der Waals surface area contributed by atoms with Crippen LogP contribution in [-0.2, 0) is 9.53 Å². The van der Waals surface area contributed by atoms with E-state index in [0.29, 0.717) is 24.5 Å². The summed E-state index contributed by atoms with van der Waals surface area (Å²) < 4.78 is 10.4. The van der Waals surface area contributed by atoms with Gasteiger partial charge in [0.2, 0.25) is 0 Å². The van der Waals surface area contributed by atoms with Gasteiger partial charge < -0.3 is 19.5 Å². The van der Waals surface area contributed by atoms with Crippen LogP contribution in [0.25, 0.3) is 0 Å². The Labute approximate surface area is 130 Å². The Morgan fingerprint density at radius 3 is 2.59 bits per heavy atom. The summed E-state index contributed by atoms with van der Waals surface area (Å²) in [6, 6.07) is 6.79. The number of rotatable bonds is 9. The van der Waals surface area contributed by atoms with Gasteiger partial charge >= 0.3 is 5.97 Å². The van der Waals surface area contributed by atoms with Crippen LogP contribution in [0.4, 0.5) is 0 Å². The minimum atomic E-state index is -0.921. The second-order valence-corrected chi connectivity index (χ2v) is 5.11. The molecule has 0 saturated heterocycles. The molecule has 22 heavy (non-hydrogen) atoms. The van der Waals surface area contributed by atoms with Crippen LogP contribution >= 0.6 is 0 Å². The number of carboxylic acids is 1. The molecule has 6 nitrogen and oxygen atoms in total. The molecule has 0 aliphatic rings. The number of ether oxygens (including phenoxy) is 2. The number of carbonyl (C=O) groups is 2. The van der Waals surface area contributed by atoms with Gasteiger partial charge in [0.15, 0.2) is 0 Å². The Bertz CT molecular complexity index is 501. The molecule has 1 rings (SSSR count). The zero-order valence-electron chi connectivity index (χ0n) is 13.2. The van der Waals surface area contributed by atoms with Gasteiger partial charge in [-0.15, -0.1) is 0 Å². The molecule has 0 saturated carbocycles. The van der Waals surface area contributed by atoms with Crippen molar-refractivity contribution in [1.29, 1.82) is 0 Å². The van der Waals surface area contributed by atoms with E-state index in [9.17, 15) is 9.59 Å². The van der Waals surface area contributed by atoms with Crippen molar-refractivity contribution in [2.24, 2.45) is 0 Å². The topological polar surface area (TPSA) is 76.1 Å². The van der Waals surface area contributed by atoms with E-state index in [1.807, 2.05) is 13.8 Å². The lowest BCUT2D eigenvalue weighted by Crippen LogP contribution is -2.38. The van der Waals surface area contributed by atoms with Crippen LogP contribution in [0, 0.1) is 0 Å². The highest BCUT2D eigenvalue weighted by molar-refractivity contribution is 5.95. The Kier molecular flexibility index (Phi) is 7.39. The van der Waals surface area contributed by atoms with Gasteiger partial charge in [-0.25, -0.2) is 0 Å². The maximum Gasteiger partial charge on any atom is 0.305 e. The van der Waals surface area contributed by atoms with Gasteiger partial charge in [0.1, 0.15) is 12.4 Å². The number of nitrogens with zero attached hydrogens (tertiary/aromatic N) is 1. The summed E-state index contributed by atoms with van der Waals surface area (Å²) in [5.41, 5.74) is 0.481. The molecule has 0 aliphatic carbocycles. The van der Waals surface area contributed by atoms with Gasteiger partial charge in [0.25, 0.3) is 5.91 Å². The van der Waals surface area contributed by atoms with E-state index >= 15 is 0 Å². The van der Waals surface area contributed by atoms with Gasteiger partial charge in [-0.3, -0.25) is 9.59 Å². The average Bonchev–Trinajstić information content (AvgIpc) is 2.47. The summed E-state index contributed by atoms with van der Waals surface area (Å²) in [6.45, 7) is 4.77. The highest BCUT2D eigenvalue weighted by atomic mass is 16.5. The van der Waals surface area contributed by atoms with Crippen LogP contribution in [0.5, 0.6) is 5.75 Å². The molecular weight excluding hydrogens is 286 g/mol. The van der Waals surface area contributed by atoms with Crippen molar-refractivity contribution in [3.63, 3.8) is 0 Å². The molecule has 0 atom stereocenters. The van der Waals surface area contributed by atoms with E-state index in [0.717, 1.165) is 0 Å². The Hall–Kier alpha value is -2.08. The summed E-state index contributed by atoms with van der Waals surface area (Å²) >= 11 is 0. The molecule has 1 amide bonds. The molecule has 122 valence electrons. The molecule has 0 spiro atoms. The van der Waals surface area contributed by atoms with Gasteiger partial charge in [-0.2, -0.15) is 0 Å². The second kappa shape index (κ2) is 9.04. The summed E-state index contributed by atoms with van der Waals surface area (Å²) in [7, 11) is 1.59. The fourth-order valence-electron chi connectivity index (χ4n) is 1.94. The number of methoxy groups -OCH3 is 1. The highest BCUT2D eigenvalue weighted by Gasteiger charge is 2.19. The number of benzene rings is 1. The lowest BCUT2D eigenvalue weighted by atomic mass is 10.1. The van der Waals surface area contributed by atoms with Gasteiger partial charge in [-0.1, -0.05) is 6.07 Å². The average molecular weight is 309 g/mol. The third-order valence-corrected chi connectivity index (χ3v) is 3.09. The third-order valence-electron chi connectivity index (χ3n) is 3.09. The lowest BCUT2D eigenvalue weighted by molar-refractivity contribution is -0.137. The normalized spacial score (nSPS) is 10.5. The van der Waals surface area contributed by atoms with Gasteiger partial charge in [0, 0.05) is 25.3 Å². The summed E-state index contributed by atoms with van der Waals surface area (Å²) in [4.78, 5) is 24.8. The fraction of sp³-hybridized carbons (Fsp3) is 0.500. The van der Waals surface area contributed by atoms with Crippen LogP contribution in [-0.4, -0.2) is 54.8 Å². The van der Waals surface area contributed by atoms with E-state index in [2.05, 4.69) is 0 Å². The third kappa shape index (κ3) is 5.73. The smallest absolute Gasteiger partial charge is 0.305 e. The minimum absolute atomic E-state index is 0.0754. The first-order chi connectivity index (χ1) is 10.5. The van der Waals surface area contributed by atoms with Crippen molar-refractivity contribution in [2.45, 2.75) is 26.3 Å². The fourth-order valence-corrected chi connectivity index (χ4v) is 1.94. The monoisotopic (exact) mass is 309 g/mol. The van der Waals surface area contributed by atoms with E-state index < -0.39 is 5.97 Å². The molecule has 0 fully saturated rings. The van der Waals surface area contributed by atoms with Crippen LogP contribution in [0.2, 0.25) is 0 Å². The SMILES string of the molecule is COCCOc1cccc(C(=O)N(CCC(=O)O)C(C)C)c1. The van der Waals surface area contributed by atoms with E-state index in [4.69, 9.17) is 14.6 Å². The molecule has 0 aliphatic heterocycles. The zero-order valence-corrected chi connectivity index (χ0v) is 13.2. The second-order valence-electron chi connectivity index (χ2n) is 5.11. The summed E-state index contributed by atoms with van der Waals surface area (Å²) in [5, 5.41) is 8.79. The Morgan fingerprint density at radius 2 is 2.00 bits per heavy atom. The standard InChI is InChI=1S/C16H23NO5/c1-12(2)17(8-7-15(18)19)16(20)13-5-4-6-14(11-13)22-10-9-21-3/h4-6,11-12H,7-10H2,1-3H3,(H,18,19). The number of hydrogen-bond acceptors (Lipinski definition) is 4. The predicted octanol–water partition coefficient (Wildman–Crippen LogP) is 2.04. The van der Waals surface area contributed by atoms with E-state index in [1.54, 1.807) is 36.3 Å². The number of carboxylic acid groups (broad SMARTS) is 1. The zero-order chi connectivity index (χ0) is 16.5. The van der Waals surface area contributed by atoms with Crippen molar-refractivity contribution in [2.75, 3.05) is 26.9 Å². The van der Waals surface area contributed by atoms with Gasteiger partial charge in [-0.05, 0) is 32.0 Å². The van der Waals surface area contributed by atoms with Crippen molar-refractivity contribution >= 4 is 11.9 Å². The van der Waals surface area contributed by atoms with Crippen LogP contribution < -0.4 is 4.74 Å². The van der Waals surface area contributed by atoms with Crippen molar-refractivity contribution in [3.8, 4) is 5.75 Å². The Balaban J connectivity index is 2.80. The van der Waals surface area contributed by atoms with Crippen LogP contribution in [0.1, 0.15) is 30.6 Å². The highest BCUT2D eigenvalue weighted by Crippen LogP contribution is 2.16. The molecule has 1 aromatic rings. The van der Waals surface area contributed by atoms with Crippen molar-refractivity contribution < 1.29 is 24.2 Å². The number of hydrogen-bond donors (Lipinski definition) is 1. The summed E-state index contributed by atoms with van der Waals surface area (Å²) in [5.74, 6) is -0.534.